The number of carbonyl (C=O) groups is 1. The second-order valence-electron chi connectivity index (χ2n) is 6.40. The highest BCUT2D eigenvalue weighted by atomic mass is 16.2. The molecule has 3 heteroatoms. The van der Waals surface area contributed by atoms with E-state index in [0.29, 0.717) is 12.3 Å². The van der Waals surface area contributed by atoms with Crippen molar-refractivity contribution in [2.24, 2.45) is 17.1 Å². The van der Waals surface area contributed by atoms with Gasteiger partial charge in [-0.05, 0) is 17.8 Å². The van der Waals surface area contributed by atoms with Gasteiger partial charge in [-0.3, -0.25) is 4.79 Å². The molecule has 0 saturated carbocycles. The monoisotopic (exact) mass is 228 g/mol. The van der Waals surface area contributed by atoms with E-state index >= 15 is 0 Å². The van der Waals surface area contributed by atoms with Gasteiger partial charge >= 0.3 is 0 Å². The summed E-state index contributed by atoms with van der Waals surface area (Å²) in [6.45, 7) is 11.5. The Bertz CT molecular complexity index is 218. The second-order valence-corrected chi connectivity index (χ2v) is 6.40. The van der Waals surface area contributed by atoms with Crippen LogP contribution >= 0.6 is 0 Å². The Morgan fingerprint density at radius 1 is 1.31 bits per heavy atom. The maximum Gasteiger partial charge on any atom is 0.223 e. The van der Waals surface area contributed by atoms with Crippen molar-refractivity contribution < 1.29 is 4.79 Å². The van der Waals surface area contributed by atoms with E-state index in [1.807, 2.05) is 7.05 Å². The average Bonchev–Trinajstić information content (AvgIpc) is 1.98. The minimum absolute atomic E-state index is 0.0258. The van der Waals surface area contributed by atoms with Crippen molar-refractivity contribution in [2.75, 3.05) is 13.6 Å². The summed E-state index contributed by atoms with van der Waals surface area (Å²) in [5, 5.41) is 0. The zero-order valence-electron chi connectivity index (χ0n) is 11.7. The number of nitrogens with two attached hydrogens (primary N) is 1. The first kappa shape index (κ1) is 15.4. The Labute approximate surface area is 100 Å². The zero-order chi connectivity index (χ0) is 12.9. The average molecular weight is 228 g/mol. The Hall–Kier alpha value is -0.570. The molecule has 1 atom stereocenters. The molecule has 0 aromatic rings. The van der Waals surface area contributed by atoms with E-state index in [2.05, 4.69) is 34.6 Å². The number of amides is 1. The van der Waals surface area contributed by atoms with Crippen LogP contribution in [0.1, 0.15) is 47.5 Å². The third-order valence-corrected chi connectivity index (χ3v) is 2.38. The molecular formula is C13H28N2O. The molecule has 0 spiro atoms. The van der Waals surface area contributed by atoms with E-state index < -0.39 is 0 Å². The Morgan fingerprint density at radius 2 is 1.81 bits per heavy atom. The van der Waals surface area contributed by atoms with Gasteiger partial charge in [0.25, 0.3) is 0 Å². The lowest BCUT2D eigenvalue weighted by Crippen LogP contribution is -2.36. The summed E-state index contributed by atoms with van der Waals surface area (Å²) in [7, 11) is 1.85. The van der Waals surface area contributed by atoms with Crippen LogP contribution in [-0.4, -0.2) is 30.4 Å². The molecule has 0 bridgehead atoms. The second kappa shape index (κ2) is 6.24. The van der Waals surface area contributed by atoms with Gasteiger partial charge in [-0.15, -0.1) is 0 Å². The van der Waals surface area contributed by atoms with Gasteiger partial charge in [-0.2, -0.15) is 0 Å². The number of hydrogen-bond donors (Lipinski definition) is 1. The first-order valence-electron chi connectivity index (χ1n) is 6.11. The molecule has 1 amide bonds. The summed E-state index contributed by atoms with van der Waals surface area (Å²) in [6, 6.07) is -0.0258. The predicted molar refractivity (Wildman–Crippen MR) is 69.1 cm³/mol. The molecule has 0 aliphatic carbocycles. The maximum atomic E-state index is 11.8. The third kappa shape index (κ3) is 7.69. The Balaban J connectivity index is 4.04. The number of rotatable bonds is 5. The summed E-state index contributed by atoms with van der Waals surface area (Å²) in [5.74, 6) is 0.665. The quantitative estimate of drug-likeness (QED) is 0.784. The molecule has 0 aromatic carbocycles. The van der Waals surface area contributed by atoms with Crippen LogP contribution in [0.3, 0.4) is 0 Å². The van der Waals surface area contributed by atoms with Crippen molar-refractivity contribution in [1.29, 1.82) is 0 Å². The summed E-state index contributed by atoms with van der Waals surface area (Å²) in [5.41, 5.74) is 6.17. The lowest BCUT2D eigenvalue weighted by molar-refractivity contribution is -0.130. The molecule has 96 valence electrons. The van der Waals surface area contributed by atoms with Crippen molar-refractivity contribution in [1.82, 2.24) is 4.90 Å². The predicted octanol–water partition coefficient (Wildman–Crippen LogP) is 2.25. The molecule has 0 aliphatic rings. The Morgan fingerprint density at radius 3 is 2.19 bits per heavy atom. The van der Waals surface area contributed by atoms with Gasteiger partial charge in [0.1, 0.15) is 0 Å². The molecule has 0 rings (SSSR count). The molecule has 0 aromatic heterocycles. The minimum Gasteiger partial charge on any atom is -0.345 e. The van der Waals surface area contributed by atoms with Gasteiger partial charge in [0.2, 0.25) is 5.91 Å². The van der Waals surface area contributed by atoms with Crippen molar-refractivity contribution in [2.45, 2.75) is 53.5 Å². The summed E-state index contributed by atoms with van der Waals surface area (Å²) in [6.07, 6.45) is 1.34. The minimum atomic E-state index is -0.0258. The van der Waals surface area contributed by atoms with Crippen LogP contribution in [0.25, 0.3) is 0 Å². The van der Waals surface area contributed by atoms with Gasteiger partial charge in [-0.25, -0.2) is 0 Å². The van der Waals surface area contributed by atoms with E-state index in [4.69, 9.17) is 5.73 Å². The molecule has 0 radical (unpaired) electrons. The molecule has 2 N–H and O–H groups in total. The highest BCUT2D eigenvalue weighted by Crippen LogP contribution is 2.21. The van der Waals surface area contributed by atoms with Crippen LogP contribution in [0.4, 0.5) is 0 Å². The highest BCUT2D eigenvalue weighted by molar-refractivity contribution is 5.76. The van der Waals surface area contributed by atoms with Crippen LogP contribution in [0, 0.1) is 11.3 Å². The first-order chi connectivity index (χ1) is 7.11. The van der Waals surface area contributed by atoms with Crippen LogP contribution < -0.4 is 5.73 Å². The smallest absolute Gasteiger partial charge is 0.223 e. The van der Waals surface area contributed by atoms with Gasteiger partial charge in [-0.1, -0.05) is 34.6 Å². The number of nitrogens with zero attached hydrogens (tertiary/aromatic N) is 1. The van der Waals surface area contributed by atoms with E-state index in [9.17, 15) is 4.79 Å². The highest BCUT2D eigenvalue weighted by Gasteiger charge is 2.19. The number of hydrogen-bond acceptors (Lipinski definition) is 2. The number of carbonyl (C=O) groups excluding carboxylic acids is 1. The van der Waals surface area contributed by atoms with Crippen LogP contribution in [-0.2, 0) is 4.79 Å². The van der Waals surface area contributed by atoms with Crippen LogP contribution in [0.5, 0.6) is 0 Å². The largest absolute Gasteiger partial charge is 0.345 e. The molecule has 0 aliphatic heterocycles. The van der Waals surface area contributed by atoms with Gasteiger partial charge in [0.05, 0.1) is 0 Å². The standard InChI is InChI=1S/C13H28N2O/c1-10(2)9-15(6)12(16)7-11(14)8-13(3,4)5/h10-11H,7-9,14H2,1-6H3. The summed E-state index contributed by atoms with van der Waals surface area (Å²) in [4.78, 5) is 13.6. The molecule has 3 nitrogen and oxygen atoms in total. The Kier molecular flexibility index (Phi) is 6.01. The molecule has 0 heterocycles. The first-order valence-corrected chi connectivity index (χ1v) is 6.11. The van der Waals surface area contributed by atoms with E-state index in [-0.39, 0.29) is 17.4 Å². The lowest BCUT2D eigenvalue weighted by Gasteiger charge is -2.25. The summed E-state index contributed by atoms with van der Waals surface area (Å²) < 4.78 is 0. The SMILES string of the molecule is CC(C)CN(C)C(=O)CC(N)CC(C)(C)C. The van der Waals surface area contributed by atoms with Crippen LogP contribution in [0.2, 0.25) is 0 Å². The maximum absolute atomic E-state index is 11.8. The zero-order valence-corrected chi connectivity index (χ0v) is 11.7. The van der Waals surface area contributed by atoms with Crippen molar-refractivity contribution in [3.05, 3.63) is 0 Å². The molecule has 1 unspecified atom stereocenters. The van der Waals surface area contributed by atoms with E-state index in [1.165, 1.54) is 0 Å². The molecule has 0 fully saturated rings. The lowest BCUT2D eigenvalue weighted by atomic mass is 9.87. The topological polar surface area (TPSA) is 46.3 Å². The van der Waals surface area contributed by atoms with Crippen molar-refractivity contribution in [3.63, 3.8) is 0 Å². The van der Waals surface area contributed by atoms with E-state index in [0.717, 1.165) is 13.0 Å². The fourth-order valence-corrected chi connectivity index (χ4v) is 1.89. The third-order valence-electron chi connectivity index (χ3n) is 2.38. The molecule has 0 saturated heterocycles. The fourth-order valence-electron chi connectivity index (χ4n) is 1.89. The van der Waals surface area contributed by atoms with Gasteiger partial charge < -0.3 is 10.6 Å². The van der Waals surface area contributed by atoms with E-state index in [1.54, 1.807) is 4.90 Å². The fraction of sp³-hybridized carbons (Fsp3) is 0.923. The molecule has 16 heavy (non-hydrogen) atoms. The van der Waals surface area contributed by atoms with Crippen molar-refractivity contribution in [3.8, 4) is 0 Å². The van der Waals surface area contributed by atoms with Gasteiger partial charge in [0, 0.05) is 26.1 Å². The molecular weight excluding hydrogens is 200 g/mol. The summed E-state index contributed by atoms with van der Waals surface area (Å²) >= 11 is 0. The van der Waals surface area contributed by atoms with Gasteiger partial charge in [0.15, 0.2) is 0 Å². The van der Waals surface area contributed by atoms with Crippen LogP contribution in [0.15, 0.2) is 0 Å². The van der Waals surface area contributed by atoms with Crippen molar-refractivity contribution >= 4 is 5.91 Å². The normalized spacial score (nSPS) is 14.0.